The molecule has 5 nitrogen and oxygen atoms in total. The molecule has 4 rings (SSSR count). The van der Waals surface area contributed by atoms with Crippen LogP contribution in [0.5, 0.6) is 11.5 Å². The molecule has 0 unspecified atom stereocenters. The summed E-state index contributed by atoms with van der Waals surface area (Å²) in [5.41, 5.74) is 1.80. The summed E-state index contributed by atoms with van der Waals surface area (Å²) in [6.45, 7) is 2.30. The standard InChI is InChI=1S/C26H19Cl3FNO4S/c1-2-34-22-10-15(9-21(29)24(22)35-14-17-5-3-4-6-19(17)27)11-23-25(32)31(26(33)36-23)13-16-7-8-18(30)12-20(16)28/h3-12H,2,13-14H2,1H3/b23-11-. The van der Waals surface area contributed by atoms with Crippen LogP contribution < -0.4 is 9.47 Å². The number of ether oxygens (including phenoxy) is 2. The van der Waals surface area contributed by atoms with E-state index in [9.17, 15) is 14.0 Å². The van der Waals surface area contributed by atoms with Gasteiger partial charge in [0.2, 0.25) is 0 Å². The number of carbonyl (C=O) groups excluding carboxylic acids is 2. The summed E-state index contributed by atoms with van der Waals surface area (Å²) in [5.74, 6) is -0.257. The van der Waals surface area contributed by atoms with Gasteiger partial charge in [-0.2, -0.15) is 0 Å². The number of hydrogen-bond acceptors (Lipinski definition) is 5. The van der Waals surface area contributed by atoms with Crippen molar-refractivity contribution >= 4 is 63.8 Å². The molecule has 1 heterocycles. The van der Waals surface area contributed by atoms with Gasteiger partial charge in [-0.1, -0.05) is 59.1 Å². The normalized spacial score (nSPS) is 14.6. The number of imide groups is 1. The van der Waals surface area contributed by atoms with Crippen molar-refractivity contribution < 1.29 is 23.5 Å². The molecule has 0 saturated carbocycles. The van der Waals surface area contributed by atoms with Crippen molar-refractivity contribution in [2.45, 2.75) is 20.1 Å². The third kappa shape index (κ3) is 5.98. The smallest absolute Gasteiger partial charge is 0.293 e. The van der Waals surface area contributed by atoms with Crippen molar-refractivity contribution in [3.05, 3.63) is 97.1 Å². The van der Waals surface area contributed by atoms with Crippen LogP contribution in [0.2, 0.25) is 15.1 Å². The van der Waals surface area contributed by atoms with E-state index in [-0.39, 0.29) is 28.1 Å². The van der Waals surface area contributed by atoms with E-state index < -0.39 is 17.0 Å². The quantitative estimate of drug-likeness (QED) is 0.259. The van der Waals surface area contributed by atoms with Crippen molar-refractivity contribution in [2.75, 3.05) is 6.61 Å². The van der Waals surface area contributed by atoms with Gasteiger partial charge in [0.15, 0.2) is 11.5 Å². The third-order valence-electron chi connectivity index (χ3n) is 5.18. The number of carbonyl (C=O) groups is 2. The molecule has 186 valence electrons. The summed E-state index contributed by atoms with van der Waals surface area (Å²) in [7, 11) is 0. The predicted octanol–water partition coefficient (Wildman–Crippen LogP) is 8.00. The average molecular weight is 567 g/mol. The van der Waals surface area contributed by atoms with Gasteiger partial charge in [0.05, 0.1) is 23.1 Å². The van der Waals surface area contributed by atoms with Gasteiger partial charge >= 0.3 is 0 Å². The molecule has 3 aromatic carbocycles. The van der Waals surface area contributed by atoms with Gasteiger partial charge in [-0.15, -0.1) is 0 Å². The first-order valence-electron chi connectivity index (χ1n) is 10.8. The number of benzene rings is 3. The van der Waals surface area contributed by atoms with Gasteiger partial charge in [-0.25, -0.2) is 4.39 Å². The van der Waals surface area contributed by atoms with Crippen LogP contribution in [0.25, 0.3) is 6.08 Å². The van der Waals surface area contributed by atoms with Gasteiger partial charge in [0.1, 0.15) is 12.4 Å². The van der Waals surface area contributed by atoms with Gasteiger partial charge in [0.25, 0.3) is 11.1 Å². The van der Waals surface area contributed by atoms with Gasteiger partial charge in [-0.05, 0) is 66.2 Å². The van der Waals surface area contributed by atoms with Gasteiger partial charge < -0.3 is 9.47 Å². The highest BCUT2D eigenvalue weighted by atomic mass is 35.5. The number of thioether (sulfide) groups is 1. The molecule has 1 fully saturated rings. The van der Waals surface area contributed by atoms with E-state index in [1.165, 1.54) is 12.1 Å². The summed E-state index contributed by atoms with van der Waals surface area (Å²) in [6, 6.07) is 14.4. The number of hydrogen-bond donors (Lipinski definition) is 0. The number of rotatable bonds is 8. The Labute approximate surface area is 226 Å². The van der Waals surface area contributed by atoms with Crippen LogP contribution in [-0.4, -0.2) is 22.7 Å². The van der Waals surface area contributed by atoms with E-state index >= 15 is 0 Å². The maximum absolute atomic E-state index is 13.3. The Balaban J connectivity index is 1.56. The zero-order chi connectivity index (χ0) is 25.8. The molecule has 1 aliphatic heterocycles. The maximum atomic E-state index is 13.3. The number of halogens is 4. The Morgan fingerprint density at radius 3 is 2.44 bits per heavy atom. The van der Waals surface area contributed by atoms with Gasteiger partial charge in [-0.3, -0.25) is 14.5 Å². The van der Waals surface area contributed by atoms with Gasteiger partial charge in [0, 0.05) is 15.6 Å². The van der Waals surface area contributed by atoms with E-state index in [1.54, 1.807) is 24.3 Å². The Morgan fingerprint density at radius 1 is 0.944 bits per heavy atom. The second-order valence-corrected chi connectivity index (χ2v) is 9.86. The van der Waals surface area contributed by atoms with E-state index in [4.69, 9.17) is 44.3 Å². The first kappa shape index (κ1) is 26.4. The molecule has 0 aliphatic carbocycles. The van der Waals surface area contributed by atoms with Crippen molar-refractivity contribution in [1.82, 2.24) is 4.90 Å². The average Bonchev–Trinajstić information content (AvgIpc) is 3.08. The van der Waals surface area contributed by atoms with Crippen molar-refractivity contribution in [1.29, 1.82) is 0 Å². The molecular weight excluding hydrogens is 548 g/mol. The monoisotopic (exact) mass is 565 g/mol. The lowest BCUT2D eigenvalue weighted by molar-refractivity contribution is -0.123. The SMILES string of the molecule is CCOc1cc(/C=C2\SC(=O)N(Cc3ccc(F)cc3Cl)C2=O)cc(Cl)c1OCc1ccccc1Cl. The topological polar surface area (TPSA) is 55.8 Å². The Bertz CT molecular complexity index is 1370. The molecule has 36 heavy (non-hydrogen) atoms. The number of amides is 2. The second-order valence-electron chi connectivity index (χ2n) is 7.65. The molecule has 0 N–H and O–H groups in total. The predicted molar refractivity (Wildman–Crippen MR) is 141 cm³/mol. The summed E-state index contributed by atoms with van der Waals surface area (Å²) in [6.07, 6.45) is 1.56. The highest BCUT2D eigenvalue weighted by Crippen LogP contribution is 2.40. The lowest BCUT2D eigenvalue weighted by Gasteiger charge is -2.15. The molecule has 0 atom stereocenters. The fraction of sp³-hybridized carbons (Fsp3) is 0.154. The van der Waals surface area contributed by atoms with E-state index in [2.05, 4.69) is 0 Å². The second kappa shape index (κ2) is 11.6. The van der Waals surface area contributed by atoms with Crippen molar-refractivity contribution in [2.24, 2.45) is 0 Å². The van der Waals surface area contributed by atoms with Crippen LogP contribution >= 0.6 is 46.6 Å². The summed E-state index contributed by atoms with van der Waals surface area (Å²) in [4.78, 5) is 26.8. The number of nitrogens with zero attached hydrogens (tertiary/aromatic N) is 1. The van der Waals surface area contributed by atoms with Crippen molar-refractivity contribution in [3.8, 4) is 11.5 Å². The minimum Gasteiger partial charge on any atom is -0.490 e. The lowest BCUT2D eigenvalue weighted by Crippen LogP contribution is -2.27. The largest absolute Gasteiger partial charge is 0.490 e. The van der Waals surface area contributed by atoms with Crippen LogP contribution in [-0.2, 0) is 17.9 Å². The molecule has 2 amide bonds. The Morgan fingerprint density at radius 2 is 1.72 bits per heavy atom. The fourth-order valence-corrected chi connectivity index (χ4v) is 4.98. The zero-order valence-corrected chi connectivity index (χ0v) is 22.0. The van der Waals surface area contributed by atoms with Crippen LogP contribution in [0.4, 0.5) is 9.18 Å². The van der Waals surface area contributed by atoms with Crippen LogP contribution in [0.15, 0.2) is 59.5 Å². The third-order valence-corrected chi connectivity index (χ3v) is 7.09. The molecule has 10 heteroatoms. The first-order chi connectivity index (χ1) is 17.3. The van der Waals surface area contributed by atoms with E-state index in [0.717, 1.165) is 28.3 Å². The molecule has 3 aromatic rings. The molecule has 0 radical (unpaired) electrons. The Hall–Kier alpha value is -2.71. The summed E-state index contributed by atoms with van der Waals surface area (Å²) < 4.78 is 25.0. The zero-order valence-electron chi connectivity index (χ0n) is 18.9. The molecule has 0 spiro atoms. The highest BCUT2D eigenvalue weighted by Gasteiger charge is 2.35. The maximum Gasteiger partial charge on any atom is 0.293 e. The molecule has 0 aromatic heterocycles. The van der Waals surface area contributed by atoms with E-state index in [1.807, 2.05) is 25.1 Å². The Kier molecular flexibility index (Phi) is 8.46. The fourth-order valence-electron chi connectivity index (χ4n) is 3.45. The molecular formula is C26H19Cl3FNO4S. The van der Waals surface area contributed by atoms with Crippen LogP contribution in [0.1, 0.15) is 23.6 Å². The lowest BCUT2D eigenvalue weighted by atomic mass is 10.1. The first-order valence-corrected chi connectivity index (χ1v) is 12.7. The van der Waals surface area contributed by atoms with E-state index in [0.29, 0.717) is 34.3 Å². The molecule has 1 saturated heterocycles. The van der Waals surface area contributed by atoms with Crippen molar-refractivity contribution in [3.63, 3.8) is 0 Å². The highest BCUT2D eigenvalue weighted by molar-refractivity contribution is 8.18. The summed E-state index contributed by atoms with van der Waals surface area (Å²) >= 11 is 19.6. The summed E-state index contributed by atoms with van der Waals surface area (Å²) in [5, 5.41) is 0.526. The molecule has 0 bridgehead atoms. The molecule has 1 aliphatic rings. The van der Waals surface area contributed by atoms with Crippen LogP contribution in [0.3, 0.4) is 0 Å². The van der Waals surface area contributed by atoms with Crippen LogP contribution in [0, 0.1) is 5.82 Å². The minimum absolute atomic E-state index is 0.0686. The minimum atomic E-state index is -0.501.